The van der Waals surface area contributed by atoms with E-state index in [0.717, 1.165) is 41.1 Å². The van der Waals surface area contributed by atoms with Gasteiger partial charge < -0.3 is 24.2 Å². The van der Waals surface area contributed by atoms with Crippen molar-refractivity contribution < 1.29 is 13.9 Å². The molecule has 3 aromatic rings. The van der Waals surface area contributed by atoms with Gasteiger partial charge in [-0.25, -0.2) is 9.97 Å². The molecule has 1 aromatic carbocycles. The fourth-order valence-corrected chi connectivity index (χ4v) is 9.34. The number of aromatic nitrogens is 3. The minimum atomic E-state index is -2.00. The minimum Gasteiger partial charge on any atom is -0.410 e. The van der Waals surface area contributed by atoms with Crippen LogP contribution in [0.3, 0.4) is 0 Å². The first kappa shape index (κ1) is 26.9. The molecule has 0 amide bonds. The number of ether oxygens (including phenoxy) is 2. The van der Waals surface area contributed by atoms with E-state index < -0.39 is 14.1 Å². The van der Waals surface area contributed by atoms with Gasteiger partial charge in [-0.2, -0.15) is 0 Å². The third kappa shape index (κ3) is 4.81. The van der Waals surface area contributed by atoms with Gasteiger partial charge >= 0.3 is 0 Å². The number of anilines is 1. The predicted octanol–water partition coefficient (Wildman–Crippen LogP) is 7.16. The van der Waals surface area contributed by atoms with E-state index in [1.807, 2.05) is 44.3 Å². The zero-order valence-corrected chi connectivity index (χ0v) is 24.6. The van der Waals surface area contributed by atoms with Crippen molar-refractivity contribution in [3.63, 3.8) is 0 Å². The number of fused-ring (bicyclic) bond motifs is 2. The minimum absolute atomic E-state index is 0.00149. The lowest BCUT2D eigenvalue weighted by Crippen LogP contribution is -2.41. The van der Waals surface area contributed by atoms with Gasteiger partial charge in [-0.3, -0.25) is 0 Å². The van der Waals surface area contributed by atoms with Gasteiger partial charge in [0.15, 0.2) is 14.1 Å². The van der Waals surface area contributed by atoms with Crippen LogP contribution < -0.4 is 5.73 Å². The van der Waals surface area contributed by atoms with Crippen molar-refractivity contribution in [1.29, 1.82) is 0 Å². The summed E-state index contributed by atoms with van der Waals surface area (Å²) in [4.78, 5) is 8.73. The van der Waals surface area contributed by atoms with E-state index in [9.17, 15) is 0 Å². The van der Waals surface area contributed by atoms with E-state index in [1.54, 1.807) is 0 Å². The van der Waals surface area contributed by atoms with E-state index in [2.05, 4.69) is 35.3 Å². The van der Waals surface area contributed by atoms with Crippen LogP contribution in [-0.4, -0.2) is 40.8 Å². The maximum atomic E-state index is 7.25. The molecule has 2 N–H and O–H groups in total. The summed E-state index contributed by atoms with van der Waals surface area (Å²) in [7, 11) is -2.00. The number of rotatable bonds is 8. The molecule has 0 radical (unpaired) electrons. The van der Waals surface area contributed by atoms with Crippen LogP contribution in [-0.2, 0) is 13.9 Å². The van der Waals surface area contributed by atoms with Crippen LogP contribution in [0.15, 0.2) is 36.8 Å². The number of benzene rings is 1. The van der Waals surface area contributed by atoms with Gasteiger partial charge in [0.25, 0.3) is 0 Å². The maximum Gasteiger partial charge on any atom is 0.192 e. The lowest BCUT2D eigenvalue weighted by atomic mass is 9.92. The molecule has 1 saturated carbocycles. The Labute approximate surface area is 229 Å². The molecular weight excluding hydrogens is 527 g/mol. The maximum absolute atomic E-state index is 7.25. The van der Waals surface area contributed by atoms with Crippen LogP contribution in [0, 0.1) is 5.92 Å². The van der Waals surface area contributed by atoms with Gasteiger partial charge in [-0.1, -0.05) is 50.0 Å². The topological polar surface area (TPSA) is 84.4 Å². The van der Waals surface area contributed by atoms with Crippen molar-refractivity contribution in [2.75, 3.05) is 5.73 Å². The van der Waals surface area contributed by atoms with Crippen LogP contribution in [0.1, 0.15) is 58.7 Å². The van der Waals surface area contributed by atoms with E-state index in [0.29, 0.717) is 15.9 Å². The number of nitrogens with zero attached hydrogens (tertiary/aromatic N) is 3. The summed E-state index contributed by atoms with van der Waals surface area (Å²) < 4.78 is 22.6. The highest BCUT2D eigenvalue weighted by Crippen LogP contribution is 2.53. The highest BCUT2D eigenvalue weighted by molar-refractivity contribution is 6.73. The van der Waals surface area contributed by atoms with Crippen molar-refractivity contribution in [3.8, 4) is 0 Å². The molecule has 2 aliphatic rings. The van der Waals surface area contributed by atoms with Gasteiger partial charge in [-0.05, 0) is 62.2 Å². The Morgan fingerprint density at radius 2 is 1.78 bits per heavy atom. The molecule has 7 nitrogen and oxygen atoms in total. The van der Waals surface area contributed by atoms with Gasteiger partial charge in [0.05, 0.1) is 33.7 Å². The fourth-order valence-electron chi connectivity index (χ4n) is 6.18. The quantitative estimate of drug-likeness (QED) is 0.293. The number of nitrogens with two attached hydrogens (primary N) is 1. The molecule has 5 rings (SSSR count). The van der Waals surface area contributed by atoms with Gasteiger partial charge in [0.1, 0.15) is 23.9 Å². The van der Waals surface area contributed by atoms with Crippen LogP contribution in [0.2, 0.25) is 28.2 Å². The Kier molecular flexibility index (Phi) is 7.37. The molecule has 2 fully saturated rings. The molecular formula is C27H36Cl2N4O3Si. The van der Waals surface area contributed by atoms with Crippen LogP contribution >= 0.6 is 23.2 Å². The molecule has 0 bridgehead atoms. The van der Waals surface area contributed by atoms with E-state index in [1.165, 1.54) is 6.33 Å². The summed E-state index contributed by atoms with van der Waals surface area (Å²) in [5, 5.41) is 1.91. The SMILES string of the molecule is CC[Si](CC)(CC)OC(c1ccc(Cl)c(Cl)c1)[C@H]1C[C@@H](n2ccc3c(N)ncnc32)[C@@H]2OC(C)(C)O[C@@H]21. The van der Waals surface area contributed by atoms with Crippen molar-refractivity contribution in [2.24, 2.45) is 5.92 Å². The standard InChI is InChI=1S/C27H36Cl2N4O3Si/c1-6-37(7-2,8-3)36-22(16-9-10-19(28)20(29)13-16)18-14-21(24-23(18)34-27(4,5)35-24)33-12-11-17-25(30)31-15-32-26(17)33/h9-13,15,18,21-24H,6-8,14H2,1-5H3,(H2,30,31,32)/t18-,21-,22?,23-,24+/m1/s1. The second kappa shape index (κ2) is 10.1. The van der Waals surface area contributed by atoms with Crippen molar-refractivity contribution in [2.45, 2.75) is 89.3 Å². The van der Waals surface area contributed by atoms with Crippen LogP contribution in [0.4, 0.5) is 5.82 Å². The number of hydrogen-bond acceptors (Lipinski definition) is 6. The zero-order valence-electron chi connectivity index (χ0n) is 22.1. The number of halogens is 2. The molecule has 200 valence electrons. The zero-order chi connectivity index (χ0) is 26.5. The fraction of sp³-hybridized carbons (Fsp3) is 0.556. The Hall–Kier alpha value is -1.68. The highest BCUT2D eigenvalue weighted by atomic mass is 35.5. The monoisotopic (exact) mass is 562 g/mol. The molecule has 0 spiro atoms. The molecule has 1 saturated heterocycles. The third-order valence-electron chi connectivity index (χ3n) is 8.35. The molecule has 1 aliphatic heterocycles. The first-order valence-corrected chi connectivity index (χ1v) is 16.5. The first-order valence-electron chi connectivity index (χ1n) is 13.2. The summed E-state index contributed by atoms with van der Waals surface area (Å²) in [5.41, 5.74) is 7.99. The molecule has 3 heterocycles. The second-order valence-electron chi connectivity index (χ2n) is 10.7. The lowest BCUT2D eigenvalue weighted by molar-refractivity contribution is -0.164. The average molecular weight is 564 g/mol. The van der Waals surface area contributed by atoms with Crippen LogP contribution in [0.5, 0.6) is 0 Å². The number of hydrogen-bond donors (Lipinski definition) is 1. The molecule has 10 heteroatoms. The Balaban J connectivity index is 1.60. The number of nitrogen functional groups attached to an aromatic ring is 1. The molecule has 1 unspecified atom stereocenters. The van der Waals surface area contributed by atoms with Gasteiger partial charge in [0, 0.05) is 12.1 Å². The summed E-state index contributed by atoms with van der Waals surface area (Å²) in [6.07, 6.45) is 3.82. The summed E-state index contributed by atoms with van der Waals surface area (Å²) in [6, 6.07) is 11.0. The summed E-state index contributed by atoms with van der Waals surface area (Å²) >= 11 is 12.8. The first-order chi connectivity index (χ1) is 17.6. The smallest absolute Gasteiger partial charge is 0.192 e. The Morgan fingerprint density at radius 3 is 2.46 bits per heavy atom. The second-order valence-corrected chi connectivity index (χ2v) is 16.2. The largest absolute Gasteiger partial charge is 0.410 e. The van der Waals surface area contributed by atoms with E-state index in [-0.39, 0.29) is 30.3 Å². The highest BCUT2D eigenvalue weighted by Gasteiger charge is 2.57. The van der Waals surface area contributed by atoms with Gasteiger partial charge in [-0.15, -0.1) is 0 Å². The molecule has 2 aromatic heterocycles. The summed E-state index contributed by atoms with van der Waals surface area (Å²) in [5.74, 6) is -0.192. The Morgan fingerprint density at radius 1 is 1.08 bits per heavy atom. The molecule has 5 atom stereocenters. The van der Waals surface area contributed by atoms with Crippen LogP contribution in [0.25, 0.3) is 11.0 Å². The third-order valence-corrected chi connectivity index (χ3v) is 13.7. The normalized spacial score (nSPS) is 26.0. The van der Waals surface area contributed by atoms with Crippen molar-refractivity contribution >= 4 is 48.4 Å². The molecule has 37 heavy (non-hydrogen) atoms. The van der Waals surface area contributed by atoms with E-state index >= 15 is 0 Å². The lowest BCUT2D eigenvalue weighted by Gasteiger charge is -2.38. The Bertz CT molecular complexity index is 1270. The van der Waals surface area contributed by atoms with Gasteiger partial charge in [0.2, 0.25) is 0 Å². The average Bonchev–Trinajstić information content (AvgIpc) is 3.54. The molecule has 1 aliphatic carbocycles. The summed E-state index contributed by atoms with van der Waals surface area (Å²) in [6.45, 7) is 10.7. The van der Waals surface area contributed by atoms with Crippen molar-refractivity contribution in [3.05, 3.63) is 52.4 Å². The van der Waals surface area contributed by atoms with Crippen molar-refractivity contribution in [1.82, 2.24) is 14.5 Å². The predicted molar refractivity (Wildman–Crippen MR) is 150 cm³/mol. The van der Waals surface area contributed by atoms with E-state index in [4.69, 9.17) is 42.8 Å².